The Balaban J connectivity index is 1.70. The molecule has 1 saturated heterocycles. The van der Waals surface area contributed by atoms with E-state index in [1.165, 1.54) is 0 Å². The lowest BCUT2D eigenvalue weighted by molar-refractivity contribution is 0.0342. The minimum atomic E-state index is -0.250. The van der Waals surface area contributed by atoms with Gasteiger partial charge in [-0.05, 0) is 11.6 Å². The van der Waals surface area contributed by atoms with Crippen molar-refractivity contribution in [2.45, 2.75) is 26.3 Å². The second kappa shape index (κ2) is 7.59. The van der Waals surface area contributed by atoms with Crippen molar-refractivity contribution >= 4 is 11.6 Å². The second-order valence-corrected chi connectivity index (χ2v) is 6.27. The van der Waals surface area contributed by atoms with Gasteiger partial charge in [0.05, 0.1) is 13.2 Å². The monoisotopic (exact) mass is 329 g/mol. The highest BCUT2D eigenvalue weighted by Gasteiger charge is 2.17. The Labute approximate surface area is 141 Å². The number of aromatic nitrogens is 1. The number of carbonyl (C=O) groups is 1. The summed E-state index contributed by atoms with van der Waals surface area (Å²) in [7, 11) is 0. The molecule has 0 saturated carbocycles. The molecule has 0 unspecified atom stereocenters. The Morgan fingerprint density at radius 2 is 2.04 bits per heavy atom. The molecule has 24 heavy (non-hydrogen) atoms. The van der Waals surface area contributed by atoms with Crippen LogP contribution in [0.4, 0.5) is 5.69 Å². The predicted molar refractivity (Wildman–Crippen MR) is 91.1 cm³/mol. The van der Waals surface area contributed by atoms with Crippen LogP contribution < -0.4 is 5.32 Å². The molecule has 1 aliphatic heterocycles. The number of nitrogens with zero attached hydrogens (tertiary/aromatic N) is 2. The zero-order valence-corrected chi connectivity index (χ0v) is 14.1. The molecule has 6 heteroatoms. The molecule has 1 aromatic carbocycles. The fraction of sp³-hybridized carbons (Fsp3) is 0.444. The molecule has 0 aliphatic carbocycles. The van der Waals surface area contributed by atoms with Crippen molar-refractivity contribution in [2.24, 2.45) is 0 Å². The summed E-state index contributed by atoms with van der Waals surface area (Å²) in [5.74, 6) is 0.662. The normalized spacial score (nSPS) is 15.6. The Morgan fingerprint density at radius 1 is 1.29 bits per heavy atom. The average Bonchev–Trinajstić information content (AvgIpc) is 3.08. The van der Waals surface area contributed by atoms with Crippen LogP contribution >= 0.6 is 0 Å². The van der Waals surface area contributed by atoms with Gasteiger partial charge >= 0.3 is 0 Å². The van der Waals surface area contributed by atoms with Gasteiger partial charge in [0.2, 0.25) is 0 Å². The van der Waals surface area contributed by atoms with Crippen molar-refractivity contribution in [3.8, 4) is 0 Å². The van der Waals surface area contributed by atoms with Crippen molar-refractivity contribution in [3.05, 3.63) is 47.3 Å². The minimum Gasteiger partial charge on any atom is -0.379 e. The second-order valence-electron chi connectivity index (χ2n) is 6.27. The molecule has 3 rings (SSSR count). The molecule has 0 bridgehead atoms. The number of amides is 1. The van der Waals surface area contributed by atoms with Crippen LogP contribution in [0.25, 0.3) is 0 Å². The first kappa shape index (κ1) is 16.7. The van der Waals surface area contributed by atoms with Gasteiger partial charge in [-0.3, -0.25) is 9.69 Å². The van der Waals surface area contributed by atoms with Gasteiger partial charge in [-0.15, -0.1) is 0 Å². The number of ether oxygens (including phenoxy) is 1. The number of rotatable bonds is 5. The summed E-state index contributed by atoms with van der Waals surface area (Å²) in [6.45, 7) is 8.11. The van der Waals surface area contributed by atoms with E-state index in [0.29, 0.717) is 11.5 Å². The Hall–Kier alpha value is -2.18. The maximum Gasteiger partial charge on any atom is 0.277 e. The van der Waals surface area contributed by atoms with Gasteiger partial charge in [0.1, 0.15) is 5.76 Å². The number of para-hydroxylation sites is 1. The van der Waals surface area contributed by atoms with E-state index < -0.39 is 0 Å². The quantitative estimate of drug-likeness (QED) is 0.913. The number of morpholine rings is 1. The van der Waals surface area contributed by atoms with Crippen LogP contribution in [0.15, 0.2) is 34.9 Å². The summed E-state index contributed by atoms with van der Waals surface area (Å²) in [6, 6.07) is 9.55. The van der Waals surface area contributed by atoms with Gasteiger partial charge in [0.25, 0.3) is 5.91 Å². The van der Waals surface area contributed by atoms with E-state index >= 15 is 0 Å². The summed E-state index contributed by atoms with van der Waals surface area (Å²) in [4.78, 5) is 14.7. The first-order chi connectivity index (χ1) is 11.6. The molecule has 128 valence electrons. The lowest BCUT2D eigenvalue weighted by Crippen LogP contribution is -2.35. The fourth-order valence-corrected chi connectivity index (χ4v) is 2.64. The molecule has 1 aromatic heterocycles. The molecule has 1 fully saturated rings. The summed E-state index contributed by atoms with van der Waals surface area (Å²) < 4.78 is 10.6. The Morgan fingerprint density at radius 3 is 2.75 bits per heavy atom. The Bertz CT molecular complexity index is 690. The van der Waals surface area contributed by atoms with Crippen LogP contribution in [-0.2, 0) is 11.3 Å². The first-order valence-electron chi connectivity index (χ1n) is 8.29. The van der Waals surface area contributed by atoms with Gasteiger partial charge < -0.3 is 14.6 Å². The molecule has 0 spiro atoms. The topological polar surface area (TPSA) is 67.6 Å². The van der Waals surface area contributed by atoms with Gasteiger partial charge in [0, 0.05) is 37.3 Å². The van der Waals surface area contributed by atoms with Crippen molar-refractivity contribution in [2.75, 3.05) is 31.6 Å². The van der Waals surface area contributed by atoms with E-state index in [-0.39, 0.29) is 11.8 Å². The Kier molecular flexibility index (Phi) is 5.27. The highest BCUT2D eigenvalue weighted by atomic mass is 16.5. The van der Waals surface area contributed by atoms with Crippen molar-refractivity contribution in [3.63, 3.8) is 0 Å². The van der Waals surface area contributed by atoms with E-state index in [1.807, 2.05) is 38.1 Å². The van der Waals surface area contributed by atoms with Crippen molar-refractivity contribution in [1.82, 2.24) is 10.1 Å². The maximum absolute atomic E-state index is 12.4. The minimum absolute atomic E-state index is 0.202. The smallest absolute Gasteiger partial charge is 0.277 e. The van der Waals surface area contributed by atoms with E-state index in [4.69, 9.17) is 9.26 Å². The van der Waals surface area contributed by atoms with Crippen LogP contribution in [0.2, 0.25) is 0 Å². The lowest BCUT2D eigenvalue weighted by Gasteiger charge is -2.27. The number of nitrogens with one attached hydrogen (secondary N) is 1. The van der Waals surface area contributed by atoms with E-state index in [1.54, 1.807) is 6.07 Å². The molecule has 0 atom stereocenters. The molecular formula is C18H23N3O3. The molecule has 6 nitrogen and oxygen atoms in total. The predicted octanol–water partition coefficient (Wildman–Crippen LogP) is 2.88. The summed E-state index contributed by atoms with van der Waals surface area (Å²) in [5.41, 5.74) is 2.20. The van der Waals surface area contributed by atoms with Crippen LogP contribution in [-0.4, -0.2) is 42.3 Å². The van der Waals surface area contributed by atoms with E-state index in [0.717, 1.165) is 44.1 Å². The van der Waals surface area contributed by atoms with Crippen LogP contribution in [0, 0.1) is 0 Å². The van der Waals surface area contributed by atoms with Gasteiger partial charge in [-0.2, -0.15) is 0 Å². The summed E-state index contributed by atoms with van der Waals surface area (Å²) >= 11 is 0. The highest BCUT2D eigenvalue weighted by Crippen LogP contribution is 2.20. The van der Waals surface area contributed by atoms with Crippen molar-refractivity contribution in [1.29, 1.82) is 0 Å². The van der Waals surface area contributed by atoms with Gasteiger partial charge in [-0.25, -0.2) is 0 Å². The fourth-order valence-electron chi connectivity index (χ4n) is 2.64. The first-order valence-corrected chi connectivity index (χ1v) is 8.29. The summed E-state index contributed by atoms with van der Waals surface area (Å²) in [5, 5.41) is 6.81. The number of anilines is 1. The SMILES string of the molecule is CC(C)c1cc(C(=O)Nc2ccccc2CN2CCOCC2)no1. The van der Waals surface area contributed by atoms with Gasteiger partial charge in [0.15, 0.2) is 5.69 Å². The molecule has 1 amide bonds. The largest absolute Gasteiger partial charge is 0.379 e. The third kappa shape index (κ3) is 4.01. The number of benzene rings is 1. The zero-order chi connectivity index (χ0) is 16.9. The molecule has 2 heterocycles. The molecule has 0 radical (unpaired) electrons. The highest BCUT2D eigenvalue weighted by molar-refractivity contribution is 6.03. The molecule has 1 N–H and O–H groups in total. The van der Waals surface area contributed by atoms with Crippen LogP contribution in [0.3, 0.4) is 0 Å². The van der Waals surface area contributed by atoms with Gasteiger partial charge in [-0.1, -0.05) is 37.2 Å². The molecule has 1 aliphatic rings. The zero-order valence-electron chi connectivity index (χ0n) is 14.1. The van der Waals surface area contributed by atoms with Crippen LogP contribution in [0.5, 0.6) is 0 Å². The third-order valence-corrected chi connectivity index (χ3v) is 4.09. The lowest BCUT2D eigenvalue weighted by atomic mass is 10.1. The van der Waals surface area contributed by atoms with E-state index in [9.17, 15) is 4.79 Å². The third-order valence-electron chi connectivity index (χ3n) is 4.09. The number of carbonyl (C=O) groups excluding carboxylic acids is 1. The van der Waals surface area contributed by atoms with Crippen molar-refractivity contribution < 1.29 is 14.1 Å². The maximum atomic E-state index is 12.4. The standard InChI is InChI=1S/C18H23N3O3/c1-13(2)17-11-16(20-24-17)18(22)19-15-6-4-3-5-14(15)12-21-7-9-23-10-8-21/h3-6,11,13H,7-10,12H2,1-2H3,(H,19,22). The molecular weight excluding hydrogens is 306 g/mol. The number of hydrogen-bond donors (Lipinski definition) is 1. The molecule has 2 aromatic rings. The van der Waals surface area contributed by atoms with E-state index in [2.05, 4.69) is 15.4 Å². The summed E-state index contributed by atoms with van der Waals surface area (Å²) in [6.07, 6.45) is 0. The average molecular weight is 329 g/mol. The van der Waals surface area contributed by atoms with Crippen LogP contribution in [0.1, 0.15) is 41.6 Å². The number of hydrogen-bond acceptors (Lipinski definition) is 5.